The normalized spacial score (nSPS) is 13.4. The molecule has 4 N–H and O–H groups in total. The predicted molar refractivity (Wildman–Crippen MR) is 278 cm³/mol. The molecule has 0 aliphatic heterocycles. The van der Waals surface area contributed by atoms with Crippen molar-refractivity contribution < 1.29 is 20.1 Å². The van der Waals surface area contributed by atoms with E-state index in [2.05, 4.69) is 31.3 Å². The Labute approximate surface area is 394 Å². The average molecular weight is 889 g/mol. The van der Waals surface area contributed by atoms with Gasteiger partial charge in [0.15, 0.2) is 0 Å². The van der Waals surface area contributed by atoms with Crippen LogP contribution in [-0.4, -0.2) is 46.1 Å². The highest BCUT2D eigenvalue weighted by Gasteiger charge is 2.22. The van der Waals surface area contributed by atoms with E-state index in [1.807, 2.05) is 6.08 Å². The zero-order chi connectivity index (χ0) is 45.8. The first-order valence-electron chi connectivity index (χ1n) is 28.7. The van der Waals surface area contributed by atoms with Crippen LogP contribution < -0.4 is 5.32 Å². The molecular formula is C58H113NO4. The number of allylic oxidation sites excluding steroid dienone is 3. The molecule has 374 valence electrons. The average Bonchev–Trinajstić information content (AvgIpc) is 3.29. The Hall–Kier alpha value is -1.17. The number of carbonyl (C=O) groups is 1. The molecule has 0 radical (unpaired) electrons. The van der Waals surface area contributed by atoms with Crippen LogP contribution in [0.4, 0.5) is 0 Å². The summed E-state index contributed by atoms with van der Waals surface area (Å²) in [6, 6.07) is -0.810. The quantitative estimate of drug-likeness (QED) is 0.0362. The third kappa shape index (κ3) is 48.6. The van der Waals surface area contributed by atoms with Crippen LogP contribution in [-0.2, 0) is 4.79 Å². The van der Waals surface area contributed by atoms with Gasteiger partial charge in [-0.3, -0.25) is 4.79 Å². The number of carbonyl (C=O) groups excluding carboxylic acids is 1. The van der Waals surface area contributed by atoms with E-state index in [1.165, 1.54) is 257 Å². The fourth-order valence-electron chi connectivity index (χ4n) is 9.09. The highest BCUT2D eigenvalue weighted by Crippen LogP contribution is 2.18. The van der Waals surface area contributed by atoms with E-state index in [0.29, 0.717) is 6.42 Å². The Balaban J connectivity index is 3.40. The maximum atomic E-state index is 12.5. The van der Waals surface area contributed by atoms with E-state index in [-0.39, 0.29) is 6.61 Å². The Kier molecular flexibility index (Phi) is 52.5. The van der Waals surface area contributed by atoms with Gasteiger partial charge in [0.25, 0.3) is 0 Å². The molecular weight excluding hydrogens is 775 g/mol. The number of aliphatic hydroxyl groups is 3. The maximum Gasteiger partial charge on any atom is 0.249 e. The van der Waals surface area contributed by atoms with Gasteiger partial charge in [0.1, 0.15) is 6.10 Å². The molecule has 0 aliphatic carbocycles. The van der Waals surface area contributed by atoms with Crippen LogP contribution in [0, 0.1) is 0 Å². The Bertz CT molecular complexity index is 936. The van der Waals surface area contributed by atoms with E-state index in [4.69, 9.17) is 0 Å². The Morgan fingerprint density at radius 2 is 0.651 bits per heavy atom. The van der Waals surface area contributed by atoms with Gasteiger partial charge in [-0.05, 0) is 32.1 Å². The molecule has 0 saturated heterocycles. The molecule has 0 aromatic heterocycles. The van der Waals surface area contributed by atoms with Gasteiger partial charge >= 0.3 is 0 Å². The minimum absolute atomic E-state index is 0.373. The third-order valence-corrected chi connectivity index (χ3v) is 13.5. The first-order valence-corrected chi connectivity index (χ1v) is 28.7. The van der Waals surface area contributed by atoms with Crippen molar-refractivity contribution in [3.63, 3.8) is 0 Å². The van der Waals surface area contributed by atoms with Crippen molar-refractivity contribution in [3.05, 3.63) is 24.3 Å². The molecule has 0 saturated carbocycles. The number of nitrogens with one attached hydrogen (secondary N) is 1. The minimum Gasteiger partial charge on any atom is -0.394 e. The second-order valence-corrected chi connectivity index (χ2v) is 19.9. The summed E-state index contributed by atoms with van der Waals surface area (Å²) in [6.07, 6.45) is 68.7. The molecule has 1 amide bonds. The van der Waals surface area contributed by atoms with Crippen molar-refractivity contribution in [2.24, 2.45) is 0 Å². The van der Waals surface area contributed by atoms with E-state index in [0.717, 1.165) is 38.5 Å². The lowest BCUT2D eigenvalue weighted by Gasteiger charge is -2.21. The minimum atomic E-state index is -1.10. The van der Waals surface area contributed by atoms with E-state index >= 15 is 0 Å². The molecule has 0 heterocycles. The van der Waals surface area contributed by atoms with Crippen molar-refractivity contribution in [1.82, 2.24) is 5.32 Å². The molecule has 0 aliphatic rings. The standard InChI is InChI=1S/C58H113NO4/c1-3-5-7-9-11-13-15-16-17-18-19-20-21-22-23-24-25-26-27-28-29-30-31-32-33-34-35-36-37-38-39-40-41-43-45-47-49-51-53-57(62)58(63)59-55(54-60)56(61)52-50-48-46-44-42-14-12-10-8-6-4-2/h42,44,50,52,55-57,60-62H,3-41,43,45-49,51,53-54H2,1-2H3,(H,59,63)/b44-42+,52-50+. The second-order valence-electron chi connectivity index (χ2n) is 19.9. The summed E-state index contributed by atoms with van der Waals surface area (Å²) < 4.78 is 0. The van der Waals surface area contributed by atoms with Crippen LogP contribution in [0.1, 0.15) is 316 Å². The molecule has 0 bridgehead atoms. The molecule has 0 spiro atoms. The molecule has 0 aromatic carbocycles. The fraction of sp³-hybridized carbons (Fsp3) is 0.914. The molecule has 3 atom stereocenters. The van der Waals surface area contributed by atoms with Gasteiger partial charge in [0.05, 0.1) is 18.8 Å². The predicted octanol–water partition coefficient (Wildman–Crippen LogP) is 17.7. The zero-order valence-electron chi connectivity index (χ0n) is 42.7. The highest BCUT2D eigenvalue weighted by molar-refractivity contribution is 5.80. The van der Waals surface area contributed by atoms with Crippen LogP contribution >= 0.6 is 0 Å². The Morgan fingerprint density at radius 3 is 0.968 bits per heavy atom. The zero-order valence-corrected chi connectivity index (χ0v) is 42.7. The lowest BCUT2D eigenvalue weighted by atomic mass is 10.0. The number of aliphatic hydroxyl groups excluding tert-OH is 3. The molecule has 63 heavy (non-hydrogen) atoms. The summed E-state index contributed by atoms with van der Waals surface area (Å²) in [5.41, 5.74) is 0. The van der Waals surface area contributed by atoms with Crippen LogP contribution in [0.15, 0.2) is 24.3 Å². The summed E-state index contributed by atoms with van der Waals surface area (Å²) in [5, 5.41) is 33.1. The number of amides is 1. The largest absolute Gasteiger partial charge is 0.394 e. The number of hydrogen-bond acceptors (Lipinski definition) is 4. The summed E-state index contributed by atoms with van der Waals surface area (Å²) in [4.78, 5) is 12.5. The van der Waals surface area contributed by atoms with Gasteiger partial charge in [-0.1, -0.05) is 308 Å². The third-order valence-electron chi connectivity index (χ3n) is 13.5. The number of hydrogen-bond donors (Lipinski definition) is 4. The smallest absolute Gasteiger partial charge is 0.249 e. The van der Waals surface area contributed by atoms with Crippen molar-refractivity contribution in [2.75, 3.05) is 6.61 Å². The highest BCUT2D eigenvalue weighted by atomic mass is 16.3. The van der Waals surface area contributed by atoms with Gasteiger partial charge in [-0.2, -0.15) is 0 Å². The van der Waals surface area contributed by atoms with Gasteiger partial charge in [-0.15, -0.1) is 0 Å². The molecule has 0 rings (SSSR count). The van der Waals surface area contributed by atoms with E-state index in [9.17, 15) is 20.1 Å². The molecule has 3 unspecified atom stereocenters. The first-order chi connectivity index (χ1) is 31.1. The first kappa shape index (κ1) is 61.8. The SMILES string of the molecule is CCCCCCC/C=C/CC/C=C/C(O)C(CO)NC(=O)C(O)CCCCCCCCCCCCCCCCCCCCCCCCCCCCCCCCCCCCCCCC. The van der Waals surface area contributed by atoms with Crippen LogP contribution in [0.25, 0.3) is 0 Å². The van der Waals surface area contributed by atoms with Gasteiger partial charge in [0.2, 0.25) is 5.91 Å². The van der Waals surface area contributed by atoms with Crippen LogP contribution in [0.5, 0.6) is 0 Å². The van der Waals surface area contributed by atoms with Gasteiger partial charge in [-0.25, -0.2) is 0 Å². The van der Waals surface area contributed by atoms with Crippen LogP contribution in [0.3, 0.4) is 0 Å². The van der Waals surface area contributed by atoms with Gasteiger partial charge < -0.3 is 20.6 Å². The monoisotopic (exact) mass is 888 g/mol. The van der Waals surface area contributed by atoms with Crippen molar-refractivity contribution in [1.29, 1.82) is 0 Å². The van der Waals surface area contributed by atoms with Crippen molar-refractivity contribution >= 4 is 5.91 Å². The number of unbranched alkanes of at least 4 members (excludes halogenated alkanes) is 43. The molecule has 5 heteroatoms. The second kappa shape index (κ2) is 53.4. The van der Waals surface area contributed by atoms with Crippen LogP contribution in [0.2, 0.25) is 0 Å². The lowest BCUT2D eigenvalue weighted by Crippen LogP contribution is -2.48. The number of rotatable bonds is 53. The fourth-order valence-corrected chi connectivity index (χ4v) is 9.09. The molecule has 0 aromatic rings. The van der Waals surface area contributed by atoms with Crippen molar-refractivity contribution in [2.45, 2.75) is 334 Å². The van der Waals surface area contributed by atoms with Crippen molar-refractivity contribution in [3.8, 4) is 0 Å². The van der Waals surface area contributed by atoms with Gasteiger partial charge in [0, 0.05) is 0 Å². The summed E-state index contributed by atoms with van der Waals surface area (Å²) in [6.45, 7) is 4.17. The molecule has 5 nitrogen and oxygen atoms in total. The van der Waals surface area contributed by atoms with E-state index in [1.54, 1.807) is 6.08 Å². The lowest BCUT2D eigenvalue weighted by molar-refractivity contribution is -0.131. The van der Waals surface area contributed by atoms with E-state index < -0.39 is 24.2 Å². The Morgan fingerprint density at radius 1 is 0.381 bits per heavy atom. The summed E-state index contributed by atoms with van der Waals surface area (Å²) >= 11 is 0. The summed E-state index contributed by atoms with van der Waals surface area (Å²) in [5.74, 6) is -0.509. The summed E-state index contributed by atoms with van der Waals surface area (Å²) in [7, 11) is 0. The topological polar surface area (TPSA) is 89.8 Å². The maximum absolute atomic E-state index is 12.5. The molecule has 0 fully saturated rings.